The van der Waals surface area contributed by atoms with Gasteiger partial charge in [-0.1, -0.05) is 31.9 Å². The maximum Gasteiger partial charge on any atom is 0.125 e. The van der Waals surface area contributed by atoms with Crippen molar-refractivity contribution in [3.63, 3.8) is 0 Å². The third-order valence-corrected chi connectivity index (χ3v) is 2.53. The number of alkyl halides is 1. The van der Waals surface area contributed by atoms with Gasteiger partial charge in [-0.3, -0.25) is 0 Å². The van der Waals surface area contributed by atoms with Gasteiger partial charge in [0, 0.05) is 9.80 Å². The molecule has 0 unspecified atom stereocenters. The zero-order chi connectivity index (χ0) is 9.84. The van der Waals surface area contributed by atoms with Gasteiger partial charge in [0.25, 0.3) is 0 Å². The van der Waals surface area contributed by atoms with E-state index in [9.17, 15) is 0 Å². The fraction of sp³-hybridized carbons (Fsp3) is 0.400. The molecule has 1 aromatic rings. The monoisotopic (exact) mass is 306 g/mol. The van der Waals surface area contributed by atoms with E-state index in [0.29, 0.717) is 6.61 Å². The molecule has 0 aliphatic carbocycles. The van der Waals surface area contributed by atoms with Gasteiger partial charge in [0.15, 0.2) is 0 Å². The van der Waals surface area contributed by atoms with Gasteiger partial charge in [-0.15, -0.1) is 0 Å². The molecular weight excluding hydrogens is 296 g/mol. The highest BCUT2D eigenvalue weighted by Gasteiger charge is 2.04. The number of hydrogen-bond donors (Lipinski definition) is 0. The second-order valence-corrected chi connectivity index (χ2v) is 4.61. The molecule has 1 rings (SSSR count). The van der Waals surface area contributed by atoms with Crippen LogP contribution in [-0.4, -0.2) is 11.9 Å². The molecule has 0 heterocycles. The minimum atomic E-state index is 0.712. The molecule has 0 N–H and O–H groups in total. The second kappa shape index (κ2) is 5.01. The van der Waals surface area contributed by atoms with Gasteiger partial charge < -0.3 is 4.74 Å². The third-order valence-electron chi connectivity index (χ3n) is 1.75. The number of halogens is 2. The number of rotatable bonds is 3. The lowest BCUT2D eigenvalue weighted by atomic mass is 10.1. The van der Waals surface area contributed by atoms with Crippen LogP contribution in [0.4, 0.5) is 0 Å². The summed E-state index contributed by atoms with van der Waals surface area (Å²) in [6.07, 6.45) is 0. The summed E-state index contributed by atoms with van der Waals surface area (Å²) in [6, 6.07) is 4.13. The van der Waals surface area contributed by atoms with Gasteiger partial charge in [0.05, 0.1) is 6.61 Å². The van der Waals surface area contributed by atoms with E-state index in [1.54, 1.807) is 0 Å². The van der Waals surface area contributed by atoms with Crippen molar-refractivity contribution in [3.05, 3.63) is 27.7 Å². The summed E-state index contributed by atoms with van der Waals surface area (Å²) in [7, 11) is 0. The van der Waals surface area contributed by atoms with Crippen LogP contribution in [-0.2, 0) is 0 Å². The Morgan fingerprint density at radius 1 is 1.23 bits per heavy atom. The quantitative estimate of drug-likeness (QED) is 0.771. The Balaban J connectivity index is 2.92. The molecule has 0 aromatic heterocycles. The van der Waals surface area contributed by atoms with Crippen molar-refractivity contribution >= 4 is 31.9 Å². The van der Waals surface area contributed by atoms with Crippen molar-refractivity contribution in [2.45, 2.75) is 13.8 Å². The van der Waals surface area contributed by atoms with Gasteiger partial charge in [0.2, 0.25) is 0 Å². The third kappa shape index (κ3) is 2.99. The molecule has 0 bridgehead atoms. The second-order valence-electron chi connectivity index (χ2n) is 2.91. The number of aryl methyl sites for hydroxylation is 2. The Morgan fingerprint density at radius 3 is 2.23 bits per heavy atom. The summed E-state index contributed by atoms with van der Waals surface area (Å²) in [6.45, 7) is 4.83. The molecule has 0 fully saturated rings. The van der Waals surface area contributed by atoms with E-state index < -0.39 is 0 Å². The van der Waals surface area contributed by atoms with Gasteiger partial charge in [-0.25, -0.2) is 0 Å². The van der Waals surface area contributed by atoms with Gasteiger partial charge in [-0.2, -0.15) is 0 Å². The van der Waals surface area contributed by atoms with Crippen molar-refractivity contribution in [1.29, 1.82) is 0 Å². The fourth-order valence-electron chi connectivity index (χ4n) is 1.27. The smallest absolute Gasteiger partial charge is 0.125 e. The molecule has 0 aliphatic heterocycles. The van der Waals surface area contributed by atoms with Crippen molar-refractivity contribution in [2.75, 3.05) is 11.9 Å². The van der Waals surface area contributed by atoms with Crippen LogP contribution in [0.25, 0.3) is 0 Å². The maximum absolute atomic E-state index is 5.60. The lowest BCUT2D eigenvalue weighted by Crippen LogP contribution is -2.01. The molecule has 1 nitrogen and oxygen atoms in total. The fourth-order valence-corrected chi connectivity index (χ4v) is 2.11. The zero-order valence-electron chi connectivity index (χ0n) is 7.73. The molecule has 0 aliphatic rings. The molecule has 0 saturated heterocycles. The van der Waals surface area contributed by atoms with Crippen molar-refractivity contribution in [1.82, 2.24) is 0 Å². The van der Waals surface area contributed by atoms with Crippen molar-refractivity contribution < 1.29 is 4.74 Å². The Bertz CT molecular complexity index is 274. The number of ether oxygens (including phenoxy) is 1. The van der Waals surface area contributed by atoms with Gasteiger partial charge in [0.1, 0.15) is 5.75 Å². The summed E-state index contributed by atoms with van der Waals surface area (Å²) in [5, 5.41) is 0.863. The molecule has 1 aromatic carbocycles. The SMILES string of the molecule is Cc1cc(Br)cc(C)c1OCCBr. The van der Waals surface area contributed by atoms with Crippen molar-refractivity contribution in [2.24, 2.45) is 0 Å². The number of hydrogen-bond acceptors (Lipinski definition) is 1. The number of benzene rings is 1. The minimum absolute atomic E-state index is 0.712. The first-order valence-corrected chi connectivity index (χ1v) is 6.02. The molecule has 0 amide bonds. The molecule has 3 heteroatoms. The first-order chi connectivity index (χ1) is 6.15. The maximum atomic E-state index is 5.60. The predicted molar refractivity (Wildman–Crippen MR) is 62.9 cm³/mol. The largest absolute Gasteiger partial charge is 0.492 e. The topological polar surface area (TPSA) is 9.23 Å². The summed E-state index contributed by atoms with van der Waals surface area (Å²) in [5.74, 6) is 1.00. The van der Waals surface area contributed by atoms with E-state index >= 15 is 0 Å². The molecule has 0 spiro atoms. The Morgan fingerprint density at radius 2 is 1.77 bits per heavy atom. The van der Waals surface area contributed by atoms with Gasteiger partial charge >= 0.3 is 0 Å². The lowest BCUT2D eigenvalue weighted by Gasteiger charge is -2.11. The Hall–Kier alpha value is -0.0200. The average Bonchev–Trinajstić information content (AvgIpc) is 2.02. The van der Waals surface area contributed by atoms with E-state index in [4.69, 9.17) is 4.74 Å². The van der Waals surface area contributed by atoms with E-state index in [-0.39, 0.29) is 0 Å². The van der Waals surface area contributed by atoms with E-state index in [1.165, 1.54) is 11.1 Å². The van der Waals surface area contributed by atoms with Crippen LogP contribution in [0.5, 0.6) is 5.75 Å². The predicted octanol–water partition coefficient (Wildman–Crippen LogP) is 3.84. The molecule has 0 radical (unpaired) electrons. The van der Waals surface area contributed by atoms with Crippen LogP contribution in [0.2, 0.25) is 0 Å². The van der Waals surface area contributed by atoms with Crippen LogP contribution < -0.4 is 4.74 Å². The molecular formula is C10H12Br2O. The molecule has 13 heavy (non-hydrogen) atoms. The van der Waals surface area contributed by atoms with Crippen LogP contribution in [0.15, 0.2) is 16.6 Å². The van der Waals surface area contributed by atoms with Crippen LogP contribution in [0, 0.1) is 13.8 Å². The molecule has 0 atom stereocenters. The summed E-state index contributed by atoms with van der Waals surface area (Å²) in [5.41, 5.74) is 2.35. The lowest BCUT2D eigenvalue weighted by molar-refractivity contribution is 0.340. The normalized spacial score (nSPS) is 10.2. The molecule has 72 valence electrons. The minimum Gasteiger partial charge on any atom is -0.492 e. The van der Waals surface area contributed by atoms with E-state index in [0.717, 1.165) is 15.6 Å². The van der Waals surface area contributed by atoms with E-state index in [1.807, 2.05) is 0 Å². The summed E-state index contributed by atoms with van der Waals surface area (Å²) in [4.78, 5) is 0. The van der Waals surface area contributed by atoms with Crippen molar-refractivity contribution in [3.8, 4) is 5.75 Å². The highest BCUT2D eigenvalue weighted by Crippen LogP contribution is 2.27. The molecule has 0 saturated carbocycles. The van der Waals surface area contributed by atoms with Crippen LogP contribution in [0.1, 0.15) is 11.1 Å². The van der Waals surface area contributed by atoms with Crippen LogP contribution in [0.3, 0.4) is 0 Å². The summed E-state index contributed by atoms with van der Waals surface area (Å²) >= 11 is 6.79. The Kier molecular flexibility index (Phi) is 4.26. The Labute approximate surface area is 95.7 Å². The zero-order valence-corrected chi connectivity index (χ0v) is 10.9. The summed E-state index contributed by atoms with van der Waals surface area (Å²) < 4.78 is 6.71. The van der Waals surface area contributed by atoms with E-state index in [2.05, 4.69) is 57.8 Å². The first kappa shape index (κ1) is 11.1. The highest BCUT2D eigenvalue weighted by molar-refractivity contribution is 9.10. The van der Waals surface area contributed by atoms with Gasteiger partial charge in [-0.05, 0) is 37.1 Å². The first-order valence-electron chi connectivity index (χ1n) is 4.10. The van der Waals surface area contributed by atoms with Crippen LogP contribution >= 0.6 is 31.9 Å². The standard InChI is InChI=1S/C10H12Br2O/c1-7-5-9(12)6-8(2)10(7)13-4-3-11/h5-6H,3-4H2,1-2H3. The highest BCUT2D eigenvalue weighted by atomic mass is 79.9. The average molecular weight is 308 g/mol.